The highest BCUT2D eigenvalue weighted by molar-refractivity contribution is 9.10. The lowest BCUT2D eigenvalue weighted by Gasteiger charge is -2.02. The number of aryl methyl sites for hydroxylation is 2. The van der Waals surface area contributed by atoms with Crippen molar-refractivity contribution in [3.8, 4) is 0 Å². The molecule has 0 spiro atoms. The van der Waals surface area contributed by atoms with Crippen LogP contribution in [0.3, 0.4) is 0 Å². The quantitative estimate of drug-likeness (QED) is 0.881. The maximum atomic E-state index is 11.6. The number of rotatable bonds is 5. The molecule has 0 amide bonds. The van der Waals surface area contributed by atoms with Gasteiger partial charge in [-0.2, -0.15) is 5.10 Å². The molecular weight excluding hydrogens is 258 g/mol. The molecule has 1 heterocycles. The molecule has 0 saturated heterocycles. The van der Waals surface area contributed by atoms with Crippen LogP contribution in [0.4, 0.5) is 0 Å². The number of nitrogens with zero attached hydrogens (tertiary/aromatic N) is 2. The largest absolute Gasteiger partial charge is 0.330 e. The Morgan fingerprint density at radius 1 is 1.60 bits per heavy atom. The molecule has 0 aliphatic carbocycles. The number of carbonyl (C=O) groups is 1. The zero-order valence-electron chi connectivity index (χ0n) is 9.09. The van der Waals surface area contributed by atoms with E-state index < -0.39 is 0 Å². The number of aromatic nitrogens is 2. The molecule has 0 radical (unpaired) electrons. The van der Waals surface area contributed by atoms with Gasteiger partial charge < -0.3 is 5.73 Å². The summed E-state index contributed by atoms with van der Waals surface area (Å²) in [4.78, 5) is 11.6. The number of hydrogen-bond donors (Lipinski definition) is 1. The van der Waals surface area contributed by atoms with Gasteiger partial charge in [-0.15, -0.1) is 0 Å². The molecule has 1 aromatic heterocycles. The van der Waals surface area contributed by atoms with Gasteiger partial charge >= 0.3 is 0 Å². The monoisotopic (exact) mass is 273 g/mol. The van der Waals surface area contributed by atoms with Crippen molar-refractivity contribution >= 4 is 21.7 Å². The Morgan fingerprint density at radius 2 is 2.27 bits per heavy atom. The summed E-state index contributed by atoms with van der Waals surface area (Å²) in [5.41, 5.74) is 7.21. The fourth-order valence-electron chi connectivity index (χ4n) is 1.45. The van der Waals surface area contributed by atoms with Gasteiger partial charge in [0.05, 0.1) is 15.9 Å². The van der Waals surface area contributed by atoms with Crippen molar-refractivity contribution in [3.63, 3.8) is 0 Å². The highest BCUT2D eigenvalue weighted by Gasteiger charge is 2.13. The van der Waals surface area contributed by atoms with Crippen molar-refractivity contribution in [2.75, 3.05) is 6.54 Å². The maximum Gasteiger partial charge on any atom is 0.138 e. The van der Waals surface area contributed by atoms with E-state index in [0.717, 1.165) is 22.3 Å². The molecule has 1 rings (SSSR count). The van der Waals surface area contributed by atoms with Gasteiger partial charge in [0.15, 0.2) is 0 Å². The average Bonchev–Trinajstić information content (AvgIpc) is 2.42. The molecule has 0 aliphatic heterocycles. The highest BCUT2D eigenvalue weighted by Crippen LogP contribution is 2.21. The van der Waals surface area contributed by atoms with Crippen LogP contribution in [-0.2, 0) is 18.3 Å². The van der Waals surface area contributed by atoms with Gasteiger partial charge in [0.25, 0.3) is 0 Å². The van der Waals surface area contributed by atoms with Gasteiger partial charge in [0, 0.05) is 19.9 Å². The van der Waals surface area contributed by atoms with Crippen LogP contribution in [0.2, 0.25) is 0 Å². The second-order valence-electron chi connectivity index (χ2n) is 3.58. The molecule has 0 unspecified atom stereocenters. The minimum Gasteiger partial charge on any atom is -0.330 e. The van der Waals surface area contributed by atoms with Crippen LogP contribution in [-0.4, -0.2) is 22.1 Å². The molecule has 15 heavy (non-hydrogen) atoms. The van der Waals surface area contributed by atoms with E-state index in [9.17, 15) is 4.79 Å². The van der Waals surface area contributed by atoms with Crippen LogP contribution in [0.15, 0.2) is 4.47 Å². The Morgan fingerprint density at radius 3 is 2.73 bits per heavy atom. The standard InChI is InChI=1S/C10H16BrN3O/c1-7-10(11)9(14(2)13-7)6-8(15)4-3-5-12/h3-6,12H2,1-2H3. The molecule has 5 heteroatoms. The number of ketones is 1. The average molecular weight is 274 g/mol. The lowest BCUT2D eigenvalue weighted by atomic mass is 10.1. The van der Waals surface area contributed by atoms with E-state index in [2.05, 4.69) is 21.0 Å². The van der Waals surface area contributed by atoms with Crippen LogP contribution >= 0.6 is 15.9 Å². The SMILES string of the molecule is Cc1nn(C)c(CC(=O)CCCN)c1Br. The van der Waals surface area contributed by atoms with Gasteiger partial charge in [-0.25, -0.2) is 0 Å². The Hall–Kier alpha value is -0.680. The van der Waals surface area contributed by atoms with Crippen molar-refractivity contribution < 1.29 is 4.79 Å². The lowest BCUT2D eigenvalue weighted by Crippen LogP contribution is -2.10. The van der Waals surface area contributed by atoms with Gasteiger partial charge in [-0.3, -0.25) is 9.48 Å². The molecule has 4 nitrogen and oxygen atoms in total. The summed E-state index contributed by atoms with van der Waals surface area (Å²) in [6.07, 6.45) is 1.73. The van der Waals surface area contributed by atoms with E-state index in [1.807, 2.05) is 14.0 Å². The van der Waals surface area contributed by atoms with E-state index >= 15 is 0 Å². The molecule has 84 valence electrons. The lowest BCUT2D eigenvalue weighted by molar-refractivity contribution is -0.118. The topological polar surface area (TPSA) is 60.9 Å². The normalized spacial score (nSPS) is 10.7. The highest BCUT2D eigenvalue weighted by atomic mass is 79.9. The molecule has 0 bridgehead atoms. The first kappa shape index (κ1) is 12.4. The predicted octanol–water partition coefficient (Wildman–Crippen LogP) is 1.34. The first-order valence-electron chi connectivity index (χ1n) is 4.96. The van der Waals surface area contributed by atoms with Gasteiger partial charge in [0.2, 0.25) is 0 Å². The smallest absolute Gasteiger partial charge is 0.138 e. The molecule has 0 atom stereocenters. The first-order chi connectivity index (χ1) is 7.06. The van der Waals surface area contributed by atoms with E-state index in [0.29, 0.717) is 19.4 Å². The minimum absolute atomic E-state index is 0.212. The predicted molar refractivity (Wildman–Crippen MR) is 62.6 cm³/mol. The van der Waals surface area contributed by atoms with E-state index in [-0.39, 0.29) is 5.78 Å². The molecular formula is C10H16BrN3O. The number of Topliss-reactive ketones (excluding diaryl/α,β-unsaturated/α-hetero) is 1. The summed E-state index contributed by atoms with van der Waals surface area (Å²) in [5, 5.41) is 4.24. The Kier molecular flexibility index (Phi) is 4.47. The number of halogens is 1. The minimum atomic E-state index is 0.212. The van der Waals surface area contributed by atoms with Crippen molar-refractivity contribution in [2.24, 2.45) is 12.8 Å². The Labute approximate surface area is 98.0 Å². The third-order valence-electron chi connectivity index (χ3n) is 2.29. The molecule has 1 aromatic rings. The summed E-state index contributed by atoms with van der Waals surface area (Å²) in [5.74, 6) is 0.212. The summed E-state index contributed by atoms with van der Waals surface area (Å²) in [6, 6.07) is 0. The van der Waals surface area contributed by atoms with Gasteiger partial charge in [-0.05, 0) is 35.8 Å². The molecule has 0 saturated carbocycles. The zero-order valence-corrected chi connectivity index (χ0v) is 10.7. The van der Waals surface area contributed by atoms with Crippen LogP contribution < -0.4 is 5.73 Å². The summed E-state index contributed by atoms with van der Waals surface area (Å²) < 4.78 is 2.69. The third kappa shape index (κ3) is 3.14. The van der Waals surface area contributed by atoms with E-state index in [1.54, 1.807) is 4.68 Å². The fourth-order valence-corrected chi connectivity index (χ4v) is 1.92. The fraction of sp³-hybridized carbons (Fsp3) is 0.600. The molecule has 2 N–H and O–H groups in total. The summed E-state index contributed by atoms with van der Waals surface area (Å²) in [6.45, 7) is 2.48. The molecule has 0 aliphatic rings. The number of carbonyl (C=O) groups excluding carboxylic acids is 1. The van der Waals surface area contributed by atoms with Crippen molar-refractivity contribution in [2.45, 2.75) is 26.2 Å². The molecule has 0 fully saturated rings. The van der Waals surface area contributed by atoms with Crippen LogP contribution in [0, 0.1) is 6.92 Å². The second-order valence-corrected chi connectivity index (χ2v) is 4.37. The molecule has 0 aromatic carbocycles. The van der Waals surface area contributed by atoms with Gasteiger partial charge in [-0.1, -0.05) is 0 Å². The number of hydrogen-bond acceptors (Lipinski definition) is 3. The van der Waals surface area contributed by atoms with Crippen LogP contribution in [0.1, 0.15) is 24.2 Å². The van der Waals surface area contributed by atoms with E-state index in [1.165, 1.54) is 0 Å². The Bertz CT molecular complexity index is 360. The van der Waals surface area contributed by atoms with Gasteiger partial charge in [0.1, 0.15) is 5.78 Å². The van der Waals surface area contributed by atoms with Crippen molar-refractivity contribution in [1.29, 1.82) is 0 Å². The second kappa shape index (κ2) is 5.42. The maximum absolute atomic E-state index is 11.6. The van der Waals surface area contributed by atoms with Crippen LogP contribution in [0.5, 0.6) is 0 Å². The Balaban J connectivity index is 2.68. The van der Waals surface area contributed by atoms with E-state index in [4.69, 9.17) is 5.73 Å². The summed E-state index contributed by atoms with van der Waals surface area (Å²) in [7, 11) is 1.85. The van der Waals surface area contributed by atoms with Crippen LogP contribution in [0.25, 0.3) is 0 Å². The van der Waals surface area contributed by atoms with Crippen molar-refractivity contribution in [1.82, 2.24) is 9.78 Å². The zero-order chi connectivity index (χ0) is 11.4. The first-order valence-corrected chi connectivity index (χ1v) is 5.75. The summed E-state index contributed by atoms with van der Waals surface area (Å²) >= 11 is 3.44. The number of nitrogens with two attached hydrogens (primary N) is 1. The third-order valence-corrected chi connectivity index (χ3v) is 3.32. The van der Waals surface area contributed by atoms with Crippen molar-refractivity contribution in [3.05, 3.63) is 15.9 Å².